The van der Waals surface area contributed by atoms with Crippen molar-refractivity contribution in [3.63, 3.8) is 0 Å². The number of benzene rings is 1. The molecule has 0 amide bonds. The first-order valence-electron chi connectivity index (χ1n) is 5.73. The summed E-state index contributed by atoms with van der Waals surface area (Å²) in [4.78, 5) is 0. The molecule has 1 aromatic carbocycles. The van der Waals surface area contributed by atoms with Gasteiger partial charge >= 0.3 is 0 Å². The molecule has 96 valence electrons. The minimum absolute atomic E-state index is 0.122. The molecule has 0 radical (unpaired) electrons. The molecule has 0 heterocycles. The lowest BCUT2D eigenvalue weighted by Gasteiger charge is -2.19. The number of aliphatic hydroxyl groups is 1. The zero-order valence-corrected chi connectivity index (χ0v) is 10.7. The Bertz CT molecular complexity index is 366. The van der Waals surface area contributed by atoms with Gasteiger partial charge in [0.15, 0.2) is 0 Å². The third-order valence-corrected chi connectivity index (χ3v) is 2.82. The van der Waals surface area contributed by atoms with Crippen molar-refractivity contribution in [2.45, 2.75) is 25.8 Å². The summed E-state index contributed by atoms with van der Waals surface area (Å²) in [5.41, 5.74) is 8.15. The highest BCUT2D eigenvalue weighted by Gasteiger charge is 2.16. The Morgan fingerprint density at radius 2 is 2.00 bits per heavy atom. The number of nitrogens with two attached hydrogens (primary N) is 1. The molecule has 0 aliphatic carbocycles. The molecule has 0 aliphatic heterocycles. The molecule has 17 heavy (non-hydrogen) atoms. The normalized spacial score (nSPS) is 12.3. The summed E-state index contributed by atoms with van der Waals surface area (Å²) in [6.07, 6.45) is 1.43. The van der Waals surface area contributed by atoms with Crippen molar-refractivity contribution >= 4 is 0 Å². The molecular weight excluding hydrogens is 218 g/mol. The van der Waals surface area contributed by atoms with E-state index in [2.05, 4.69) is 0 Å². The molecule has 0 fully saturated rings. The highest BCUT2D eigenvalue weighted by atomic mass is 16.5. The van der Waals surface area contributed by atoms with Crippen LogP contribution in [0.25, 0.3) is 0 Å². The quantitative estimate of drug-likeness (QED) is 0.794. The van der Waals surface area contributed by atoms with E-state index in [-0.39, 0.29) is 12.6 Å². The lowest BCUT2D eigenvalue weighted by molar-refractivity contribution is 0.279. The predicted molar refractivity (Wildman–Crippen MR) is 67.5 cm³/mol. The van der Waals surface area contributed by atoms with Crippen molar-refractivity contribution in [1.82, 2.24) is 0 Å². The molecule has 1 unspecified atom stereocenters. The number of hydrogen-bond donors (Lipinski definition) is 2. The Kier molecular flexibility index (Phi) is 5.25. The van der Waals surface area contributed by atoms with Crippen molar-refractivity contribution in [3.05, 3.63) is 23.3 Å². The second-order valence-corrected chi connectivity index (χ2v) is 4.03. The van der Waals surface area contributed by atoms with Crippen LogP contribution in [-0.4, -0.2) is 25.9 Å². The van der Waals surface area contributed by atoms with E-state index in [4.69, 9.17) is 20.3 Å². The van der Waals surface area contributed by atoms with Gasteiger partial charge in [-0.1, -0.05) is 0 Å². The van der Waals surface area contributed by atoms with Gasteiger partial charge in [0.1, 0.15) is 11.5 Å². The Morgan fingerprint density at radius 3 is 2.53 bits per heavy atom. The predicted octanol–water partition coefficient (Wildman–Crippen LogP) is 1.78. The molecule has 3 N–H and O–H groups in total. The summed E-state index contributed by atoms with van der Waals surface area (Å²) < 4.78 is 10.5. The van der Waals surface area contributed by atoms with Crippen LogP contribution in [0, 0.1) is 6.92 Å². The number of rotatable bonds is 6. The van der Waals surface area contributed by atoms with Gasteiger partial charge in [-0.3, -0.25) is 0 Å². The van der Waals surface area contributed by atoms with Gasteiger partial charge in [0.2, 0.25) is 0 Å². The number of aliphatic hydroxyl groups excluding tert-OH is 1. The number of methoxy groups -OCH3 is 2. The molecule has 1 atom stereocenters. The molecule has 1 rings (SSSR count). The first-order chi connectivity index (χ1) is 8.13. The van der Waals surface area contributed by atoms with Gasteiger partial charge in [0.05, 0.1) is 14.2 Å². The Labute approximate surface area is 102 Å². The van der Waals surface area contributed by atoms with E-state index >= 15 is 0 Å². The van der Waals surface area contributed by atoms with Crippen LogP contribution >= 0.6 is 0 Å². The Balaban J connectivity index is 3.04. The maximum absolute atomic E-state index is 8.83. The maximum atomic E-state index is 8.83. The fourth-order valence-electron chi connectivity index (χ4n) is 1.95. The maximum Gasteiger partial charge on any atom is 0.127 e. The van der Waals surface area contributed by atoms with E-state index in [1.165, 1.54) is 0 Å². The van der Waals surface area contributed by atoms with Crippen molar-refractivity contribution in [2.75, 3.05) is 20.8 Å². The second-order valence-electron chi connectivity index (χ2n) is 4.03. The van der Waals surface area contributed by atoms with Crippen LogP contribution in [0.4, 0.5) is 0 Å². The SMILES string of the molecule is COc1cc(C)c(C(N)CCCO)c(OC)c1. The molecule has 4 nitrogen and oxygen atoms in total. The first-order valence-corrected chi connectivity index (χ1v) is 5.73. The Hall–Kier alpha value is -1.26. The van der Waals surface area contributed by atoms with Gasteiger partial charge in [-0.15, -0.1) is 0 Å². The Morgan fingerprint density at radius 1 is 1.29 bits per heavy atom. The highest BCUT2D eigenvalue weighted by Crippen LogP contribution is 2.33. The lowest BCUT2D eigenvalue weighted by Crippen LogP contribution is -2.14. The van der Waals surface area contributed by atoms with Gasteiger partial charge in [-0.05, 0) is 31.4 Å². The van der Waals surface area contributed by atoms with Crippen LogP contribution in [0.2, 0.25) is 0 Å². The first kappa shape index (κ1) is 13.8. The minimum Gasteiger partial charge on any atom is -0.497 e. The summed E-state index contributed by atoms with van der Waals surface area (Å²) in [5.74, 6) is 1.50. The minimum atomic E-state index is -0.122. The number of hydrogen-bond acceptors (Lipinski definition) is 4. The summed E-state index contributed by atoms with van der Waals surface area (Å²) >= 11 is 0. The zero-order chi connectivity index (χ0) is 12.8. The smallest absolute Gasteiger partial charge is 0.127 e. The van der Waals surface area contributed by atoms with E-state index in [0.717, 1.165) is 29.0 Å². The van der Waals surface area contributed by atoms with E-state index in [1.54, 1.807) is 14.2 Å². The fourth-order valence-corrected chi connectivity index (χ4v) is 1.95. The zero-order valence-electron chi connectivity index (χ0n) is 10.7. The summed E-state index contributed by atoms with van der Waals surface area (Å²) in [7, 11) is 3.25. The molecule has 0 spiro atoms. The molecule has 0 saturated heterocycles. The standard InChI is InChI=1S/C13H21NO3/c1-9-7-10(16-2)8-12(17-3)13(9)11(14)5-4-6-15/h7-8,11,15H,4-6,14H2,1-3H3. The molecule has 0 bridgehead atoms. The molecule has 0 saturated carbocycles. The molecular formula is C13H21NO3. The highest BCUT2D eigenvalue weighted by molar-refractivity contribution is 5.47. The fraction of sp³-hybridized carbons (Fsp3) is 0.538. The average Bonchev–Trinajstić information content (AvgIpc) is 2.34. The number of aryl methyl sites for hydroxylation is 1. The topological polar surface area (TPSA) is 64.7 Å². The van der Waals surface area contributed by atoms with Crippen molar-refractivity contribution < 1.29 is 14.6 Å². The van der Waals surface area contributed by atoms with E-state index < -0.39 is 0 Å². The van der Waals surface area contributed by atoms with Gasteiger partial charge in [-0.25, -0.2) is 0 Å². The van der Waals surface area contributed by atoms with E-state index in [9.17, 15) is 0 Å². The van der Waals surface area contributed by atoms with Crippen LogP contribution in [0.1, 0.15) is 30.0 Å². The monoisotopic (exact) mass is 239 g/mol. The number of ether oxygens (including phenoxy) is 2. The molecule has 0 aliphatic rings. The summed E-state index contributed by atoms with van der Waals surface area (Å²) in [5, 5.41) is 8.83. The van der Waals surface area contributed by atoms with Crippen LogP contribution in [0.5, 0.6) is 11.5 Å². The van der Waals surface area contributed by atoms with Crippen molar-refractivity contribution in [1.29, 1.82) is 0 Å². The third-order valence-electron chi connectivity index (χ3n) is 2.82. The molecule has 4 heteroatoms. The molecule has 1 aromatic rings. The van der Waals surface area contributed by atoms with Crippen LogP contribution in [-0.2, 0) is 0 Å². The summed E-state index contributed by atoms with van der Waals surface area (Å²) in [6, 6.07) is 3.65. The van der Waals surface area contributed by atoms with Crippen molar-refractivity contribution in [3.8, 4) is 11.5 Å². The van der Waals surface area contributed by atoms with Gasteiger partial charge in [0.25, 0.3) is 0 Å². The third kappa shape index (κ3) is 3.35. The largest absolute Gasteiger partial charge is 0.497 e. The van der Waals surface area contributed by atoms with E-state index in [1.807, 2.05) is 19.1 Å². The van der Waals surface area contributed by atoms with Gasteiger partial charge < -0.3 is 20.3 Å². The second kappa shape index (κ2) is 6.47. The average molecular weight is 239 g/mol. The van der Waals surface area contributed by atoms with Crippen LogP contribution < -0.4 is 15.2 Å². The van der Waals surface area contributed by atoms with Gasteiger partial charge in [0, 0.05) is 24.3 Å². The van der Waals surface area contributed by atoms with Crippen LogP contribution in [0.3, 0.4) is 0 Å². The summed E-state index contributed by atoms with van der Waals surface area (Å²) in [6.45, 7) is 2.14. The van der Waals surface area contributed by atoms with Crippen molar-refractivity contribution in [2.24, 2.45) is 5.73 Å². The van der Waals surface area contributed by atoms with Crippen LogP contribution in [0.15, 0.2) is 12.1 Å². The van der Waals surface area contributed by atoms with E-state index in [0.29, 0.717) is 6.42 Å². The lowest BCUT2D eigenvalue weighted by atomic mass is 9.97. The molecule has 0 aromatic heterocycles. The van der Waals surface area contributed by atoms with Gasteiger partial charge in [-0.2, -0.15) is 0 Å².